The fraction of sp³-hybridized carbons (Fsp3) is 0.923. The minimum Gasteiger partial charge on any atom is -0.481 e. The van der Waals surface area contributed by atoms with E-state index in [-0.39, 0.29) is 42.3 Å². The third-order valence-electron chi connectivity index (χ3n) is 7.74. The number of carbonyl (C=O) groups is 2. The van der Waals surface area contributed by atoms with Crippen LogP contribution >= 0.6 is 0 Å². The standard InChI is InChI=1S/C26H55N5O3/c1-10-25(9,19(2)3)16-29-21(5)30-18-26(15-27,17-28-14-20(4)24(6,7)8)31-22(32)12-11-13-23(33)34/h19-21,28-30H,10-18,27H2,1-9H3,(H,31,32)(H,33,34)/t20?,21?,25-,26+/m1/s1. The fourth-order valence-corrected chi connectivity index (χ4v) is 3.48. The maximum absolute atomic E-state index is 12.6. The molecule has 0 spiro atoms. The number of carboxylic acids is 1. The van der Waals surface area contributed by atoms with Crippen LogP contribution in [0, 0.1) is 22.7 Å². The van der Waals surface area contributed by atoms with Crippen LogP contribution in [0.5, 0.6) is 0 Å². The van der Waals surface area contributed by atoms with Crippen LogP contribution in [0.25, 0.3) is 0 Å². The summed E-state index contributed by atoms with van der Waals surface area (Å²) in [6, 6.07) is 0. The highest BCUT2D eigenvalue weighted by molar-refractivity contribution is 5.77. The zero-order valence-corrected chi connectivity index (χ0v) is 23.4. The molecule has 8 nitrogen and oxygen atoms in total. The average molecular weight is 486 g/mol. The summed E-state index contributed by atoms with van der Waals surface area (Å²) >= 11 is 0. The van der Waals surface area contributed by atoms with Crippen molar-refractivity contribution >= 4 is 11.9 Å². The molecule has 0 aliphatic heterocycles. The first-order valence-corrected chi connectivity index (χ1v) is 13.0. The molecule has 0 bridgehead atoms. The Morgan fingerprint density at radius 1 is 0.941 bits per heavy atom. The summed E-state index contributed by atoms with van der Waals surface area (Å²) in [5.74, 6) is -0.0408. The number of rotatable bonds is 18. The second kappa shape index (κ2) is 15.0. The van der Waals surface area contributed by atoms with Gasteiger partial charge in [0, 0.05) is 39.0 Å². The van der Waals surface area contributed by atoms with Crippen LogP contribution in [0.3, 0.4) is 0 Å². The van der Waals surface area contributed by atoms with Gasteiger partial charge >= 0.3 is 5.97 Å². The van der Waals surface area contributed by atoms with Gasteiger partial charge in [0.15, 0.2) is 0 Å². The summed E-state index contributed by atoms with van der Waals surface area (Å²) in [7, 11) is 0. The van der Waals surface area contributed by atoms with Gasteiger partial charge in [-0.1, -0.05) is 55.4 Å². The molecule has 0 radical (unpaired) electrons. The van der Waals surface area contributed by atoms with Gasteiger partial charge < -0.3 is 26.8 Å². The number of hydrogen-bond acceptors (Lipinski definition) is 6. The van der Waals surface area contributed by atoms with Gasteiger partial charge in [-0.2, -0.15) is 0 Å². The molecule has 8 heteroatoms. The van der Waals surface area contributed by atoms with E-state index in [1.165, 1.54) is 0 Å². The van der Waals surface area contributed by atoms with Crippen LogP contribution in [0.2, 0.25) is 0 Å². The normalized spacial score (nSPS) is 17.6. The van der Waals surface area contributed by atoms with E-state index in [1.807, 2.05) is 0 Å². The lowest BCUT2D eigenvalue weighted by Gasteiger charge is -2.38. The molecule has 0 aliphatic carbocycles. The van der Waals surface area contributed by atoms with Gasteiger partial charge in [0.2, 0.25) is 5.91 Å². The van der Waals surface area contributed by atoms with Gasteiger partial charge in [0.1, 0.15) is 0 Å². The molecule has 0 aromatic carbocycles. The lowest BCUT2D eigenvalue weighted by molar-refractivity contribution is -0.137. The first kappa shape index (κ1) is 32.8. The van der Waals surface area contributed by atoms with Crippen molar-refractivity contribution in [3.8, 4) is 0 Å². The van der Waals surface area contributed by atoms with Gasteiger partial charge in [-0.3, -0.25) is 14.9 Å². The lowest BCUT2D eigenvalue weighted by Crippen LogP contribution is -2.66. The molecule has 0 fully saturated rings. The monoisotopic (exact) mass is 485 g/mol. The summed E-state index contributed by atoms with van der Waals surface area (Å²) in [6.45, 7) is 23.0. The Balaban J connectivity index is 5.17. The lowest BCUT2D eigenvalue weighted by atomic mass is 9.77. The first-order valence-electron chi connectivity index (χ1n) is 13.0. The zero-order chi connectivity index (χ0) is 26.6. The van der Waals surface area contributed by atoms with E-state index in [0.717, 1.165) is 19.5 Å². The van der Waals surface area contributed by atoms with E-state index in [0.29, 0.717) is 31.3 Å². The molecule has 1 amide bonds. The quantitative estimate of drug-likeness (QED) is 0.165. The summed E-state index contributed by atoms with van der Waals surface area (Å²) in [4.78, 5) is 23.4. The molecule has 0 aliphatic rings. The van der Waals surface area contributed by atoms with E-state index in [4.69, 9.17) is 10.8 Å². The van der Waals surface area contributed by atoms with Crippen molar-refractivity contribution in [2.45, 2.75) is 99.7 Å². The van der Waals surface area contributed by atoms with Crippen LogP contribution < -0.4 is 27.0 Å². The van der Waals surface area contributed by atoms with Crippen molar-refractivity contribution in [1.82, 2.24) is 21.3 Å². The molecular weight excluding hydrogens is 430 g/mol. The molecule has 0 aromatic rings. The van der Waals surface area contributed by atoms with E-state index >= 15 is 0 Å². The van der Waals surface area contributed by atoms with Gasteiger partial charge in [0.05, 0.1) is 11.7 Å². The molecular formula is C26H55N5O3. The summed E-state index contributed by atoms with van der Waals surface area (Å²) in [5, 5.41) is 22.6. The molecule has 34 heavy (non-hydrogen) atoms. The molecule has 0 aromatic heterocycles. The fourth-order valence-electron chi connectivity index (χ4n) is 3.48. The number of carboxylic acid groups (broad SMARTS) is 1. The van der Waals surface area contributed by atoms with E-state index in [1.54, 1.807) is 0 Å². The van der Waals surface area contributed by atoms with Crippen LogP contribution in [0.15, 0.2) is 0 Å². The van der Waals surface area contributed by atoms with Gasteiger partial charge in [-0.05, 0) is 49.0 Å². The van der Waals surface area contributed by atoms with Crippen molar-refractivity contribution in [1.29, 1.82) is 0 Å². The van der Waals surface area contributed by atoms with Crippen LogP contribution in [0.4, 0.5) is 0 Å². The summed E-state index contributed by atoms with van der Waals surface area (Å²) in [6.07, 6.45) is 1.61. The largest absolute Gasteiger partial charge is 0.481 e. The van der Waals surface area contributed by atoms with Crippen molar-refractivity contribution in [2.75, 3.05) is 32.7 Å². The maximum atomic E-state index is 12.6. The molecule has 0 heterocycles. The highest BCUT2D eigenvalue weighted by Gasteiger charge is 2.32. The van der Waals surface area contributed by atoms with Crippen LogP contribution in [-0.2, 0) is 9.59 Å². The molecule has 4 atom stereocenters. The second-order valence-corrected chi connectivity index (χ2v) is 11.8. The maximum Gasteiger partial charge on any atom is 0.303 e. The van der Waals surface area contributed by atoms with Crippen molar-refractivity contribution in [2.24, 2.45) is 28.4 Å². The van der Waals surface area contributed by atoms with Crippen molar-refractivity contribution in [3.05, 3.63) is 0 Å². The minimum absolute atomic E-state index is 0.0182. The summed E-state index contributed by atoms with van der Waals surface area (Å²) < 4.78 is 0. The predicted octanol–water partition coefficient (Wildman–Crippen LogP) is 2.92. The molecule has 7 N–H and O–H groups in total. The molecule has 0 saturated heterocycles. The smallest absolute Gasteiger partial charge is 0.303 e. The van der Waals surface area contributed by atoms with Crippen LogP contribution in [-0.4, -0.2) is 61.4 Å². The number of carbonyl (C=O) groups excluding carboxylic acids is 1. The van der Waals surface area contributed by atoms with Crippen molar-refractivity contribution in [3.63, 3.8) is 0 Å². The molecule has 0 rings (SSSR count). The Labute approximate surface area is 209 Å². The molecule has 0 saturated carbocycles. The molecule has 202 valence electrons. The number of aliphatic carboxylic acids is 1. The number of amides is 1. The molecule has 2 unspecified atom stereocenters. The van der Waals surface area contributed by atoms with Crippen molar-refractivity contribution < 1.29 is 14.7 Å². The zero-order valence-electron chi connectivity index (χ0n) is 23.4. The van der Waals surface area contributed by atoms with E-state index in [2.05, 4.69) is 83.6 Å². The SMILES string of the molecule is CC[C@](C)(CNC(C)NC[C@](CN)(CNCC(C)C(C)(C)C)NC(=O)CCCC(=O)O)C(C)C. The Morgan fingerprint density at radius 3 is 2.00 bits per heavy atom. The number of nitrogens with one attached hydrogen (secondary N) is 4. The number of nitrogens with two attached hydrogens (primary N) is 1. The second-order valence-electron chi connectivity index (χ2n) is 11.8. The predicted molar refractivity (Wildman–Crippen MR) is 142 cm³/mol. The third kappa shape index (κ3) is 12.5. The average Bonchev–Trinajstić information content (AvgIpc) is 2.74. The Hall–Kier alpha value is -1.22. The van der Waals surface area contributed by atoms with Gasteiger partial charge in [0.25, 0.3) is 0 Å². The van der Waals surface area contributed by atoms with E-state index < -0.39 is 11.5 Å². The highest BCUT2D eigenvalue weighted by atomic mass is 16.4. The Bertz CT molecular complexity index is 608. The van der Waals surface area contributed by atoms with Crippen LogP contribution in [0.1, 0.15) is 88.0 Å². The topological polar surface area (TPSA) is 129 Å². The Morgan fingerprint density at radius 2 is 1.53 bits per heavy atom. The number of hydrogen-bond donors (Lipinski definition) is 6. The minimum atomic E-state index is -0.891. The first-order chi connectivity index (χ1) is 15.6. The Kier molecular flexibility index (Phi) is 14.5. The van der Waals surface area contributed by atoms with Gasteiger partial charge in [-0.15, -0.1) is 0 Å². The van der Waals surface area contributed by atoms with Gasteiger partial charge in [-0.25, -0.2) is 0 Å². The summed E-state index contributed by atoms with van der Waals surface area (Å²) in [5.41, 5.74) is 5.94. The third-order valence-corrected chi connectivity index (χ3v) is 7.74. The highest BCUT2D eigenvalue weighted by Crippen LogP contribution is 2.29. The van der Waals surface area contributed by atoms with E-state index in [9.17, 15) is 9.59 Å².